The lowest BCUT2D eigenvalue weighted by molar-refractivity contribution is 0.442. The smallest absolute Gasteiger partial charge is 0.131 e. The lowest BCUT2D eigenvalue weighted by Gasteiger charge is -2.22. The van der Waals surface area contributed by atoms with Crippen molar-refractivity contribution in [3.63, 3.8) is 0 Å². The molecule has 3 aromatic carbocycles. The van der Waals surface area contributed by atoms with Crippen molar-refractivity contribution in [3.05, 3.63) is 94.8 Å². The molecule has 0 bridgehead atoms. The second-order valence-electron chi connectivity index (χ2n) is 8.26. The van der Waals surface area contributed by atoms with E-state index in [9.17, 15) is 4.39 Å². The molecule has 28 heavy (non-hydrogen) atoms. The molecule has 1 aliphatic rings. The largest absolute Gasteiger partial charge is 0.206 e. The highest BCUT2D eigenvalue weighted by atomic mass is 19.1. The summed E-state index contributed by atoms with van der Waals surface area (Å²) in [7, 11) is 0. The first kappa shape index (κ1) is 18.9. The van der Waals surface area contributed by atoms with Gasteiger partial charge in [0.05, 0.1) is 0 Å². The Bertz CT molecular complexity index is 900. The van der Waals surface area contributed by atoms with Gasteiger partial charge in [-0.25, -0.2) is 4.39 Å². The van der Waals surface area contributed by atoms with Crippen molar-refractivity contribution in [3.8, 4) is 11.1 Å². The van der Waals surface area contributed by atoms with Crippen LogP contribution in [-0.4, -0.2) is 0 Å². The molecule has 1 fully saturated rings. The van der Waals surface area contributed by atoms with E-state index in [0.29, 0.717) is 11.5 Å². The lowest BCUT2D eigenvalue weighted by Crippen LogP contribution is -2.05. The van der Waals surface area contributed by atoms with E-state index in [2.05, 4.69) is 61.5 Å². The van der Waals surface area contributed by atoms with Crippen LogP contribution < -0.4 is 0 Å². The minimum atomic E-state index is -0.0875. The fraction of sp³-hybridized carbons (Fsp3) is 0.333. The van der Waals surface area contributed by atoms with E-state index in [4.69, 9.17) is 0 Å². The fourth-order valence-corrected chi connectivity index (χ4v) is 4.35. The second-order valence-corrected chi connectivity index (χ2v) is 8.26. The number of rotatable bonds is 5. The van der Waals surface area contributed by atoms with E-state index < -0.39 is 0 Å². The Morgan fingerprint density at radius 2 is 1.36 bits per heavy atom. The highest BCUT2D eigenvalue weighted by molar-refractivity contribution is 5.65. The molecule has 4 rings (SSSR count). The molecule has 0 radical (unpaired) electrons. The molecule has 1 heteroatoms. The van der Waals surface area contributed by atoms with E-state index in [1.807, 2.05) is 6.07 Å². The first-order valence-corrected chi connectivity index (χ1v) is 10.6. The van der Waals surface area contributed by atoms with Crippen LogP contribution in [0.15, 0.2) is 66.7 Å². The number of benzene rings is 3. The van der Waals surface area contributed by atoms with Gasteiger partial charge in [0.25, 0.3) is 0 Å². The molecule has 144 valence electrons. The van der Waals surface area contributed by atoms with Crippen LogP contribution in [0, 0.1) is 12.7 Å². The monoisotopic (exact) mass is 372 g/mol. The summed E-state index contributed by atoms with van der Waals surface area (Å²) in [6.07, 6.45) is 8.32. The summed E-state index contributed by atoms with van der Waals surface area (Å²) in [5.74, 6) is 0.455. The van der Waals surface area contributed by atoms with Crippen LogP contribution in [0.25, 0.3) is 11.1 Å². The Kier molecular flexibility index (Phi) is 5.90. The molecule has 0 heterocycles. The topological polar surface area (TPSA) is 0 Å². The maximum Gasteiger partial charge on any atom is 0.131 e. The summed E-state index contributed by atoms with van der Waals surface area (Å²) in [4.78, 5) is 0. The number of hydrogen-bond donors (Lipinski definition) is 0. The molecule has 0 nitrogen and oxygen atoms in total. The number of hydrogen-bond acceptors (Lipinski definition) is 0. The zero-order valence-electron chi connectivity index (χ0n) is 16.8. The van der Waals surface area contributed by atoms with Crippen LogP contribution in [0.1, 0.15) is 60.3 Å². The van der Waals surface area contributed by atoms with Crippen LogP contribution in [0.4, 0.5) is 4.39 Å². The molecule has 0 spiro atoms. The Labute approximate surface area is 168 Å². The SMILES string of the molecule is Cc1ccc(CCc2ccc(-c3ccc(C4CCCCC4)cc3F)cc2)cc1. The Morgan fingerprint density at radius 3 is 1.96 bits per heavy atom. The summed E-state index contributed by atoms with van der Waals surface area (Å²) < 4.78 is 14.8. The molecule has 0 aromatic heterocycles. The van der Waals surface area contributed by atoms with Gasteiger partial charge in [-0.05, 0) is 66.8 Å². The Hall–Kier alpha value is -2.41. The van der Waals surface area contributed by atoms with Crippen LogP contribution in [0.2, 0.25) is 0 Å². The van der Waals surface area contributed by atoms with Gasteiger partial charge >= 0.3 is 0 Å². The van der Waals surface area contributed by atoms with Gasteiger partial charge in [0.15, 0.2) is 0 Å². The summed E-state index contributed by atoms with van der Waals surface area (Å²) in [5, 5.41) is 0. The van der Waals surface area contributed by atoms with Crippen molar-refractivity contribution in [1.29, 1.82) is 0 Å². The van der Waals surface area contributed by atoms with Crippen LogP contribution in [0.3, 0.4) is 0 Å². The molecular weight excluding hydrogens is 343 g/mol. The van der Waals surface area contributed by atoms with Crippen molar-refractivity contribution in [2.45, 2.75) is 57.8 Å². The van der Waals surface area contributed by atoms with Gasteiger partial charge in [-0.2, -0.15) is 0 Å². The van der Waals surface area contributed by atoms with Gasteiger partial charge in [0.2, 0.25) is 0 Å². The van der Waals surface area contributed by atoms with Crippen molar-refractivity contribution < 1.29 is 4.39 Å². The summed E-state index contributed by atoms with van der Waals surface area (Å²) >= 11 is 0. The lowest BCUT2D eigenvalue weighted by atomic mass is 9.83. The van der Waals surface area contributed by atoms with Crippen LogP contribution >= 0.6 is 0 Å². The zero-order chi connectivity index (χ0) is 19.3. The molecule has 0 saturated heterocycles. The summed E-state index contributed by atoms with van der Waals surface area (Å²) in [6, 6.07) is 23.0. The molecule has 0 unspecified atom stereocenters. The van der Waals surface area contributed by atoms with Crippen LogP contribution in [0.5, 0.6) is 0 Å². The quantitative estimate of drug-likeness (QED) is 0.432. The summed E-state index contributed by atoms with van der Waals surface area (Å²) in [5.41, 5.74) is 6.80. The van der Waals surface area contributed by atoms with E-state index in [-0.39, 0.29) is 5.82 Å². The van der Waals surface area contributed by atoms with E-state index >= 15 is 0 Å². The maximum atomic E-state index is 14.8. The average Bonchev–Trinajstić information content (AvgIpc) is 2.74. The third kappa shape index (κ3) is 4.52. The van der Waals surface area contributed by atoms with Crippen molar-refractivity contribution >= 4 is 0 Å². The van der Waals surface area contributed by atoms with Crippen molar-refractivity contribution in [2.75, 3.05) is 0 Å². The zero-order valence-corrected chi connectivity index (χ0v) is 16.8. The van der Waals surface area contributed by atoms with Gasteiger partial charge in [0.1, 0.15) is 5.82 Å². The summed E-state index contributed by atoms with van der Waals surface area (Å²) in [6.45, 7) is 2.11. The molecule has 0 aliphatic heterocycles. The fourth-order valence-electron chi connectivity index (χ4n) is 4.35. The van der Waals surface area contributed by atoms with E-state index in [1.54, 1.807) is 6.07 Å². The molecule has 0 amide bonds. The van der Waals surface area contributed by atoms with Gasteiger partial charge in [-0.3, -0.25) is 0 Å². The third-order valence-corrected chi connectivity index (χ3v) is 6.16. The van der Waals surface area contributed by atoms with Crippen molar-refractivity contribution in [2.24, 2.45) is 0 Å². The first-order chi connectivity index (χ1) is 13.7. The standard InChI is InChI=1S/C27H29F/c1-20-7-9-21(10-8-20)11-12-22-13-15-24(16-14-22)26-18-17-25(19-27(26)28)23-5-3-2-4-6-23/h7-10,13-19,23H,2-6,11-12H2,1H3. The molecule has 1 saturated carbocycles. The first-order valence-electron chi connectivity index (χ1n) is 10.6. The molecular formula is C27H29F. The molecule has 0 atom stereocenters. The predicted octanol–water partition coefficient (Wildman–Crippen LogP) is 7.63. The molecule has 0 N–H and O–H groups in total. The average molecular weight is 373 g/mol. The van der Waals surface area contributed by atoms with Gasteiger partial charge in [-0.1, -0.05) is 85.5 Å². The second kappa shape index (κ2) is 8.73. The molecule has 3 aromatic rings. The Balaban J connectivity index is 1.43. The minimum absolute atomic E-state index is 0.0875. The van der Waals surface area contributed by atoms with Crippen molar-refractivity contribution in [1.82, 2.24) is 0 Å². The van der Waals surface area contributed by atoms with E-state index in [1.165, 1.54) is 54.4 Å². The molecule has 1 aliphatic carbocycles. The highest BCUT2D eigenvalue weighted by Gasteiger charge is 2.17. The highest BCUT2D eigenvalue weighted by Crippen LogP contribution is 2.34. The normalized spacial score (nSPS) is 14.9. The van der Waals surface area contributed by atoms with Crippen LogP contribution in [-0.2, 0) is 12.8 Å². The Morgan fingerprint density at radius 1 is 0.750 bits per heavy atom. The van der Waals surface area contributed by atoms with Gasteiger partial charge in [-0.15, -0.1) is 0 Å². The third-order valence-electron chi connectivity index (χ3n) is 6.16. The number of aryl methyl sites for hydroxylation is 3. The van der Waals surface area contributed by atoms with E-state index in [0.717, 1.165) is 18.4 Å². The predicted molar refractivity (Wildman–Crippen MR) is 116 cm³/mol. The minimum Gasteiger partial charge on any atom is -0.206 e. The maximum absolute atomic E-state index is 14.8. The number of halogens is 1. The van der Waals surface area contributed by atoms with Gasteiger partial charge in [0, 0.05) is 5.56 Å². The van der Waals surface area contributed by atoms with Gasteiger partial charge < -0.3 is 0 Å².